The van der Waals surface area contributed by atoms with E-state index in [1.807, 2.05) is 12.1 Å². The molecule has 0 aromatic carbocycles. The third kappa shape index (κ3) is 4.30. The monoisotopic (exact) mass is 280 g/mol. The van der Waals surface area contributed by atoms with Gasteiger partial charge in [0.1, 0.15) is 5.69 Å². The number of rotatable bonds is 4. The zero-order valence-electron chi connectivity index (χ0n) is 10.0. The van der Waals surface area contributed by atoms with Crippen molar-refractivity contribution in [2.45, 2.75) is 12.8 Å². The Morgan fingerprint density at radius 3 is 2.79 bits per heavy atom. The summed E-state index contributed by atoms with van der Waals surface area (Å²) < 4.78 is 13.2. The summed E-state index contributed by atoms with van der Waals surface area (Å²) in [6, 6.07) is 6.80. The zero-order valence-corrected chi connectivity index (χ0v) is 10.8. The van der Waals surface area contributed by atoms with Gasteiger partial charge in [-0.05, 0) is 36.6 Å². The maximum atomic E-state index is 13.2. The second-order valence-corrected chi connectivity index (χ2v) is 3.78. The molecular formula is C13H12ClFN3O-. The number of nitrogens with zero attached hydrogens (tertiary/aromatic N) is 3. The standard InChI is InChI=1S/C13H12FN3O.ClH/c14-12-6-5-11(17-13(12)9-16-18)4-3-10-2-1-7-15-8-10;/h1-2,5-9,18H,3-4H2;1H/p-1/b16-9+;. The van der Waals surface area contributed by atoms with E-state index >= 15 is 0 Å². The Kier molecular flexibility index (Phi) is 5.89. The Balaban J connectivity index is 0.00000180. The lowest BCUT2D eigenvalue weighted by atomic mass is 10.1. The Morgan fingerprint density at radius 1 is 1.26 bits per heavy atom. The molecule has 0 saturated carbocycles. The van der Waals surface area contributed by atoms with Gasteiger partial charge in [0.05, 0.1) is 6.21 Å². The van der Waals surface area contributed by atoms with Gasteiger partial charge in [0, 0.05) is 18.1 Å². The third-order valence-electron chi connectivity index (χ3n) is 2.50. The Morgan fingerprint density at radius 2 is 2.11 bits per heavy atom. The van der Waals surface area contributed by atoms with E-state index < -0.39 is 5.82 Å². The molecule has 0 saturated heterocycles. The first-order valence-electron chi connectivity index (χ1n) is 5.51. The Labute approximate surface area is 116 Å². The SMILES string of the molecule is O/N=C/c1nc(CCc2cccnc2)ccc1F.[Cl-]. The lowest BCUT2D eigenvalue weighted by Crippen LogP contribution is -3.00. The molecule has 0 bridgehead atoms. The van der Waals surface area contributed by atoms with Gasteiger partial charge in [0.15, 0.2) is 5.82 Å². The molecule has 0 amide bonds. The number of pyridine rings is 2. The molecule has 2 heterocycles. The fourth-order valence-electron chi connectivity index (χ4n) is 1.60. The predicted molar refractivity (Wildman–Crippen MR) is 65.2 cm³/mol. The van der Waals surface area contributed by atoms with Gasteiger partial charge in [0.25, 0.3) is 0 Å². The minimum absolute atomic E-state index is 0. The molecule has 0 radical (unpaired) electrons. The minimum Gasteiger partial charge on any atom is -1.00 e. The van der Waals surface area contributed by atoms with Gasteiger partial charge in [-0.1, -0.05) is 11.2 Å². The second kappa shape index (κ2) is 7.43. The van der Waals surface area contributed by atoms with Crippen LogP contribution in [-0.2, 0) is 12.8 Å². The van der Waals surface area contributed by atoms with Crippen LogP contribution in [0.1, 0.15) is 17.0 Å². The summed E-state index contributed by atoms with van der Waals surface area (Å²) in [5, 5.41) is 11.2. The van der Waals surface area contributed by atoms with Crippen LogP contribution in [-0.4, -0.2) is 21.4 Å². The third-order valence-corrected chi connectivity index (χ3v) is 2.50. The maximum Gasteiger partial charge on any atom is 0.150 e. The summed E-state index contributed by atoms with van der Waals surface area (Å²) in [7, 11) is 0. The van der Waals surface area contributed by atoms with E-state index in [1.165, 1.54) is 6.07 Å². The summed E-state index contributed by atoms with van der Waals surface area (Å²) in [6.45, 7) is 0. The van der Waals surface area contributed by atoms with Crippen molar-refractivity contribution in [2.24, 2.45) is 5.16 Å². The Bertz CT molecular complexity index is 549. The molecule has 0 unspecified atom stereocenters. The lowest BCUT2D eigenvalue weighted by Gasteiger charge is -2.02. The molecule has 0 spiro atoms. The fraction of sp³-hybridized carbons (Fsp3) is 0.154. The molecule has 100 valence electrons. The minimum atomic E-state index is -0.502. The smallest absolute Gasteiger partial charge is 0.150 e. The number of aryl methyl sites for hydroxylation is 2. The molecule has 0 aliphatic carbocycles. The molecule has 2 aromatic rings. The first kappa shape index (κ1) is 15.0. The number of halogens is 2. The average Bonchev–Trinajstić information content (AvgIpc) is 2.41. The van der Waals surface area contributed by atoms with Crippen LogP contribution >= 0.6 is 0 Å². The molecular weight excluding hydrogens is 269 g/mol. The largest absolute Gasteiger partial charge is 1.00 e. The normalized spacial score (nSPS) is 10.4. The van der Waals surface area contributed by atoms with E-state index in [2.05, 4.69) is 15.1 Å². The summed E-state index contributed by atoms with van der Waals surface area (Å²) in [6.07, 6.45) is 5.96. The van der Waals surface area contributed by atoms with Crippen molar-refractivity contribution < 1.29 is 22.0 Å². The molecule has 1 N–H and O–H groups in total. The highest BCUT2D eigenvalue weighted by Gasteiger charge is 2.04. The molecule has 0 atom stereocenters. The van der Waals surface area contributed by atoms with E-state index in [9.17, 15) is 4.39 Å². The van der Waals surface area contributed by atoms with E-state index in [1.54, 1.807) is 18.5 Å². The van der Waals surface area contributed by atoms with Crippen molar-refractivity contribution in [1.82, 2.24) is 9.97 Å². The van der Waals surface area contributed by atoms with Crippen molar-refractivity contribution in [1.29, 1.82) is 0 Å². The molecule has 4 nitrogen and oxygen atoms in total. The van der Waals surface area contributed by atoms with Crippen LogP contribution < -0.4 is 12.4 Å². The van der Waals surface area contributed by atoms with Crippen molar-refractivity contribution in [3.63, 3.8) is 0 Å². The summed E-state index contributed by atoms with van der Waals surface area (Å²) >= 11 is 0. The van der Waals surface area contributed by atoms with E-state index in [4.69, 9.17) is 5.21 Å². The van der Waals surface area contributed by atoms with Crippen LogP contribution in [0.3, 0.4) is 0 Å². The van der Waals surface area contributed by atoms with Crippen LogP contribution in [0.15, 0.2) is 41.8 Å². The van der Waals surface area contributed by atoms with Crippen molar-refractivity contribution in [3.8, 4) is 0 Å². The van der Waals surface area contributed by atoms with Crippen LogP contribution in [0.25, 0.3) is 0 Å². The molecule has 2 aromatic heterocycles. The molecule has 0 aliphatic heterocycles. The predicted octanol–water partition coefficient (Wildman–Crippen LogP) is -0.787. The molecule has 19 heavy (non-hydrogen) atoms. The first-order valence-corrected chi connectivity index (χ1v) is 5.51. The average molecular weight is 281 g/mol. The number of aromatic nitrogens is 2. The van der Waals surface area contributed by atoms with Crippen molar-refractivity contribution in [2.75, 3.05) is 0 Å². The second-order valence-electron chi connectivity index (χ2n) is 3.78. The number of hydrogen-bond acceptors (Lipinski definition) is 4. The Hall–Kier alpha value is -2.01. The quantitative estimate of drug-likeness (QED) is 0.454. The number of oxime groups is 1. The van der Waals surface area contributed by atoms with E-state index in [-0.39, 0.29) is 18.1 Å². The van der Waals surface area contributed by atoms with Gasteiger partial charge in [-0.2, -0.15) is 0 Å². The van der Waals surface area contributed by atoms with Crippen molar-refractivity contribution in [3.05, 3.63) is 59.4 Å². The van der Waals surface area contributed by atoms with Gasteiger partial charge in [-0.3, -0.25) is 4.98 Å². The lowest BCUT2D eigenvalue weighted by molar-refractivity contribution is -0.00000519. The van der Waals surface area contributed by atoms with Crippen LogP contribution in [0, 0.1) is 5.82 Å². The van der Waals surface area contributed by atoms with Gasteiger partial charge >= 0.3 is 0 Å². The van der Waals surface area contributed by atoms with Gasteiger partial charge in [0.2, 0.25) is 0 Å². The zero-order chi connectivity index (χ0) is 12.8. The van der Waals surface area contributed by atoms with Crippen LogP contribution in [0.2, 0.25) is 0 Å². The fourth-order valence-corrected chi connectivity index (χ4v) is 1.60. The summed E-state index contributed by atoms with van der Waals surface area (Å²) in [5.41, 5.74) is 1.89. The highest BCUT2D eigenvalue weighted by atomic mass is 35.5. The molecule has 2 rings (SSSR count). The highest BCUT2D eigenvalue weighted by molar-refractivity contribution is 5.76. The summed E-state index contributed by atoms with van der Waals surface area (Å²) in [4.78, 5) is 8.10. The van der Waals surface area contributed by atoms with Gasteiger partial charge in [-0.15, -0.1) is 0 Å². The van der Waals surface area contributed by atoms with Crippen molar-refractivity contribution >= 4 is 6.21 Å². The molecule has 6 heteroatoms. The maximum absolute atomic E-state index is 13.2. The topological polar surface area (TPSA) is 58.4 Å². The highest BCUT2D eigenvalue weighted by Crippen LogP contribution is 2.07. The molecule has 0 aliphatic rings. The van der Waals surface area contributed by atoms with Gasteiger partial charge in [-0.25, -0.2) is 9.37 Å². The summed E-state index contributed by atoms with van der Waals surface area (Å²) in [5.74, 6) is -0.502. The number of hydrogen-bond donors (Lipinski definition) is 1. The molecule has 0 fully saturated rings. The van der Waals surface area contributed by atoms with Crippen LogP contribution in [0.5, 0.6) is 0 Å². The van der Waals surface area contributed by atoms with E-state index in [0.717, 1.165) is 23.9 Å². The van der Waals surface area contributed by atoms with E-state index in [0.29, 0.717) is 6.42 Å². The van der Waals surface area contributed by atoms with Crippen LogP contribution in [0.4, 0.5) is 4.39 Å². The van der Waals surface area contributed by atoms with Gasteiger partial charge < -0.3 is 17.6 Å². The first-order chi connectivity index (χ1) is 8.79.